The summed E-state index contributed by atoms with van der Waals surface area (Å²) in [6.45, 7) is 2.11. The van der Waals surface area contributed by atoms with Gasteiger partial charge in [-0.1, -0.05) is 49.7 Å². The van der Waals surface area contributed by atoms with E-state index in [9.17, 15) is 13.2 Å². The Morgan fingerprint density at radius 3 is 1.72 bits per heavy atom. The van der Waals surface area contributed by atoms with E-state index in [1.54, 1.807) is 0 Å². The van der Waals surface area contributed by atoms with Crippen LogP contribution in [-0.2, 0) is 12.6 Å². The topological polar surface area (TPSA) is 25.8 Å². The highest BCUT2D eigenvalue weighted by Crippen LogP contribution is 2.31. The van der Waals surface area contributed by atoms with Gasteiger partial charge in [0.1, 0.15) is 0 Å². The van der Waals surface area contributed by atoms with E-state index >= 15 is 0 Å². The summed E-state index contributed by atoms with van der Waals surface area (Å²) in [4.78, 5) is 8.74. The van der Waals surface area contributed by atoms with Crippen molar-refractivity contribution in [3.8, 4) is 22.5 Å². The van der Waals surface area contributed by atoms with E-state index in [4.69, 9.17) is 0 Å². The van der Waals surface area contributed by atoms with Crippen molar-refractivity contribution in [2.75, 3.05) is 0 Å². The summed E-state index contributed by atoms with van der Waals surface area (Å²) in [6, 6.07) is 12.6. The SMILES string of the molecule is CCCc1cnc(-c2ccc(-c3ccc(C(F)(F)F)cc3)cc2)nc1. The molecule has 3 aromatic rings. The lowest BCUT2D eigenvalue weighted by molar-refractivity contribution is -0.137. The van der Waals surface area contributed by atoms with Gasteiger partial charge < -0.3 is 0 Å². The fourth-order valence-corrected chi connectivity index (χ4v) is 2.59. The molecule has 0 radical (unpaired) electrons. The Morgan fingerprint density at radius 2 is 1.24 bits per heavy atom. The molecule has 25 heavy (non-hydrogen) atoms. The smallest absolute Gasteiger partial charge is 0.236 e. The molecule has 0 amide bonds. The molecule has 3 rings (SSSR count). The number of hydrogen-bond acceptors (Lipinski definition) is 2. The number of nitrogens with zero attached hydrogens (tertiary/aromatic N) is 2. The van der Waals surface area contributed by atoms with Gasteiger partial charge in [0.15, 0.2) is 5.82 Å². The molecule has 0 N–H and O–H groups in total. The summed E-state index contributed by atoms with van der Waals surface area (Å²) in [5, 5.41) is 0. The van der Waals surface area contributed by atoms with Crippen LogP contribution in [0.15, 0.2) is 60.9 Å². The molecule has 0 saturated heterocycles. The second-order valence-electron chi connectivity index (χ2n) is 5.82. The van der Waals surface area contributed by atoms with Crippen LogP contribution in [0.2, 0.25) is 0 Å². The van der Waals surface area contributed by atoms with Gasteiger partial charge in [-0.05, 0) is 35.2 Å². The van der Waals surface area contributed by atoms with E-state index in [1.165, 1.54) is 12.1 Å². The zero-order valence-electron chi connectivity index (χ0n) is 13.7. The van der Waals surface area contributed by atoms with Crippen molar-refractivity contribution in [2.45, 2.75) is 25.9 Å². The molecule has 128 valence electrons. The summed E-state index contributed by atoms with van der Waals surface area (Å²) < 4.78 is 37.9. The Kier molecular flexibility index (Phi) is 4.83. The van der Waals surface area contributed by atoms with Gasteiger partial charge in [0, 0.05) is 18.0 Å². The zero-order valence-corrected chi connectivity index (χ0v) is 13.7. The fourth-order valence-electron chi connectivity index (χ4n) is 2.59. The van der Waals surface area contributed by atoms with Crippen molar-refractivity contribution in [3.05, 3.63) is 72.1 Å². The first-order valence-electron chi connectivity index (χ1n) is 8.06. The van der Waals surface area contributed by atoms with Crippen molar-refractivity contribution in [3.63, 3.8) is 0 Å². The fraction of sp³-hybridized carbons (Fsp3) is 0.200. The number of hydrogen-bond donors (Lipinski definition) is 0. The Bertz CT molecular complexity index is 821. The summed E-state index contributed by atoms with van der Waals surface area (Å²) in [5.41, 5.74) is 2.92. The average molecular weight is 342 g/mol. The van der Waals surface area contributed by atoms with Gasteiger partial charge in [-0.25, -0.2) is 9.97 Å². The normalized spacial score (nSPS) is 11.5. The largest absolute Gasteiger partial charge is 0.416 e. The van der Waals surface area contributed by atoms with E-state index in [1.807, 2.05) is 36.7 Å². The van der Waals surface area contributed by atoms with Crippen LogP contribution in [0.3, 0.4) is 0 Å². The third kappa shape index (κ3) is 4.05. The molecule has 0 saturated carbocycles. The first-order valence-corrected chi connectivity index (χ1v) is 8.06. The number of aromatic nitrogens is 2. The van der Waals surface area contributed by atoms with Crippen LogP contribution in [0.25, 0.3) is 22.5 Å². The second-order valence-corrected chi connectivity index (χ2v) is 5.82. The minimum Gasteiger partial charge on any atom is -0.236 e. The first-order chi connectivity index (χ1) is 12.0. The predicted octanol–water partition coefficient (Wildman–Crippen LogP) is 5.78. The first kappa shape index (κ1) is 17.1. The third-order valence-corrected chi connectivity index (χ3v) is 3.93. The van der Waals surface area contributed by atoms with Crippen LogP contribution >= 0.6 is 0 Å². The summed E-state index contributed by atoms with van der Waals surface area (Å²) >= 11 is 0. The van der Waals surface area contributed by atoms with Gasteiger partial charge in [0.2, 0.25) is 0 Å². The Balaban J connectivity index is 1.80. The molecule has 0 fully saturated rings. The molecule has 2 nitrogen and oxygen atoms in total. The van der Waals surface area contributed by atoms with Crippen molar-refractivity contribution >= 4 is 0 Å². The molecular weight excluding hydrogens is 325 g/mol. The van der Waals surface area contributed by atoms with Gasteiger partial charge >= 0.3 is 6.18 Å². The van der Waals surface area contributed by atoms with Crippen molar-refractivity contribution < 1.29 is 13.2 Å². The molecule has 1 aromatic heterocycles. The second kappa shape index (κ2) is 7.05. The quantitative estimate of drug-likeness (QED) is 0.600. The molecule has 0 aliphatic heterocycles. The molecule has 0 unspecified atom stereocenters. The molecule has 0 aliphatic carbocycles. The number of benzene rings is 2. The minimum atomic E-state index is -4.32. The van der Waals surface area contributed by atoms with E-state index < -0.39 is 11.7 Å². The van der Waals surface area contributed by atoms with Crippen molar-refractivity contribution in [2.24, 2.45) is 0 Å². The molecule has 0 atom stereocenters. The highest BCUT2D eigenvalue weighted by atomic mass is 19.4. The number of aryl methyl sites for hydroxylation is 1. The summed E-state index contributed by atoms with van der Waals surface area (Å²) in [7, 11) is 0. The van der Waals surface area contributed by atoms with Crippen LogP contribution in [0, 0.1) is 0 Å². The Labute approximate surface area is 144 Å². The van der Waals surface area contributed by atoms with Gasteiger partial charge in [-0.2, -0.15) is 13.2 Å². The Hall–Kier alpha value is -2.69. The highest BCUT2D eigenvalue weighted by Gasteiger charge is 2.29. The molecule has 5 heteroatoms. The number of halogens is 3. The average Bonchev–Trinajstić information content (AvgIpc) is 2.62. The van der Waals surface area contributed by atoms with E-state index in [0.29, 0.717) is 5.82 Å². The molecular formula is C20H17F3N2. The third-order valence-electron chi connectivity index (χ3n) is 3.93. The molecule has 0 bridgehead atoms. The lowest BCUT2D eigenvalue weighted by Crippen LogP contribution is -2.03. The number of alkyl halides is 3. The van der Waals surface area contributed by atoms with Crippen LogP contribution in [0.4, 0.5) is 13.2 Å². The zero-order chi connectivity index (χ0) is 17.9. The predicted molar refractivity (Wildman–Crippen MR) is 91.9 cm³/mol. The molecule has 0 spiro atoms. The van der Waals surface area contributed by atoms with Crippen molar-refractivity contribution in [1.82, 2.24) is 9.97 Å². The van der Waals surface area contributed by atoms with Gasteiger partial charge in [-0.15, -0.1) is 0 Å². The van der Waals surface area contributed by atoms with Gasteiger partial charge in [0.25, 0.3) is 0 Å². The lowest BCUT2D eigenvalue weighted by atomic mass is 10.0. The highest BCUT2D eigenvalue weighted by molar-refractivity contribution is 5.67. The van der Waals surface area contributed by atoms with E-state index in [2.05, 4.69) is 16.9 Å². The van der Waals surface area contributed by atoms with Gasteiger partial charge in [0.05, 0.1) is 5.56 Å². The standard InChI is InChI=1S/C20H17F3N2/c1-2-3-14-12-24-19(25-13-14)17-6-4-15(5-7-17)16-8-10-18(11-9-16)20(21,22)23/h4-13H,2-3H2,1H3. The van der Waals surface area contributed by atoms with Gasteiger partial charge in [-0.3, -0.25) is 0 Å². The molecule has 1 heterocycles. The minimum absolute atomic E-state index is 0.638. The van der Waals surface area contributed by atoms with E-state index in [0.717, 1.165) is 47.2 Å². The summed E-state index contributed by atoms with van der Waals surface area (Å²) in [5.74, 6) is 0.638. The van der Waals surface area contributed by atoms with Crippen molar-refractivity contribution in [1.29, 1.82) is 0 Å². The van der Waals surface area contributed by atoms with Crippen LogP contribution in [0.5, 0.6) is 0 Å². The van der Waals surface area contributed by atoms with Crippen LogP contribution < -0.4 is 0 Å². The Morgan fingerprint density at radius 1 is 0.760 bits per heavy atom. The molecule has 0 aliphatic rings. The van der Waals surface area contributed by atoms with E-state index in [-0.39, 0.29) is 0 Å². The monoisotopic (exact) mass is 342 g/mol. The maximum Gasteiger partial charge on any atom is 0.416 e. The molecule has 2 aromatic carbocycles. The number of rotatable bonds is 4. The van der Waals surface area contributed by atoms with Crippen LogP contribution in [-0.4, -0.2) is 9.97 Å². The lowest BCUT2D eigenvalue weighted by Gasteiger charge is -2.08. The maximum absolute atomic E-state index is 12.6. The van der Waals surface area contributed by atoms with Crippen LogP contribution in [0.1, 0.15) is 24.5 Å². The maximum atomic E-state index is 12.6. The summed E-state index contributed by atoms with van der Waals surface area (Å²) in [6.07, 6.45) is 1.34.